The number of aliphatic carboxylic acids is 1. The van der Waals surface area contributed by atoms with Gasteiger partial charge in [-0.05, 0) is 25.7 Å². The van der Waals surface area contributed by atoms with E-state index in [1.807, 2.05) is 0 Å². The smallest absolute Gasteiger partial charge is 0.323 e. The van der Waals surface area contributed by atoms with Crippen LogP contribution in [0, 0.1) is 0 Å². The maximum Gasteiger partial charge on any atom is 0.323 e. The van der Waals surface area contributed by atoms with E-state index in [2.05, 4.69) is 5.32 Å². The Morgan fingerprint density at radius 3 is 2.35 bits per heavy atom. The van der Waals surface area contributed by atoms with Gasteiger partial charge in [0, 0.05) is 12.6 Å². The van der Waals surface area contributed by atoms with Crippen LogP contribution >= 0.6 is 0 Å². The third-order valence-electron chi connectivity index (χ3n) is 3.87. The number of carboxylic acids is 1. The monoisotopic (exact) mass is 241 g/mol. The maximum atomic E-state index is 11.3. The molecule has 1 heterocycles. The van der Waals surface area contributed by atoms with E-state index in [1.54, 1.807) is 0 Å². The summed E-state index contributed by atoms with van der Waals surface area (Å²) in [6.07, 6.45) is 8.96. The van der Waals surface area contributed by atoms with Crippen LogP contribution in [0.1, 0.15) is 51.4 Å². The summed E-state index contributed by atoms with van der Waals surface area (Å²) in [6.45, 7) is 0.709. The number of rotatable bonds is 4. The minimum absolute atomic E-state index is 0.129. The second-order valence-corrected chi connectivity index (χ2v) is 5.22. The molecule has 0 bridgehead atoms. The summed E-state index contributed by atoms with van der Waals surface area (Å²) in [4.78, 5) is 11.3. The molecule has 17 heavy (non-hydrogen) atoms. The highest BCUT2D eigenvalue weighted by molar-refractivity contribution is 5.74. The minimum atomic E-state index is -0.763. The van der Waals surface area contributed by atoms with E-state index in [1.165, 1.54) is 25.7 Å². The van der Waals surface area contributed by atoms with Crippen molar-refractivity contribution in [2.24, 2.45) is 0 Å². The molecule has 0 radical (unpaired) electrons. The summed E-state index contributed by atoms with van der Waals surface area (Å²) >= 11 is 0. The molecular weight excluding hydrogens is 218 g/mol. The number of ether oxygens (including phenoxy) is 1. The molecule has 4 heteroatoms. The molecule has 2 N–H and O–H groups in total. The standard InChI is InChI=1S/C13H23NO3/c15-13(16)12(11-8-5-9-17-11)14-10-6-3-1-2-4-7-10/h10-12,14H,1-9H2,(H,15,16). The Morgan fingerprint density at radius 2 is 1.82 bits per heavy atom. The predicted octanol–water partition coefficient (Wildman–Crippen LogP) is 1.93. The lowest BCUT2D eigenvalue weighted by Gasteiger charge is -2.25. The minimum Gasteiger partial charge on any atom is -0.480 e. The quantitative estimate of drug-likeness (QED) is 0.738. The molecule has 1 aliphatic carbocycles. The molecule has 0 aromatic carbocycles. The van der Waals surface area contributed by atoms with Crippen molar-refractivity contribution in [1.82, 2.24) is 5.32 Å². The van der Waals surface area contributed by atoms with E-state index in [0.29, 0.717) is 12.6 Å². The van der Waals surface area contributed by atoms with E-state index >= 15 is 0 Å². The molecular formula is C13H23NO3. The molecule has 0 amide bonds. The molecule has 1 saturated carbocycles. The van der Waals surface area contributed by atoms with Gasteiger partial charge < -0.3 is 9.84 Å². The lowest BCUT2D eigenvalue weighted by molar-refractivity contribution is -0.143. The van der Waals surface area contributed by atoms with Crippen LogP contribution in [-0.4, -0.2) is 35.9 Å². The van der Waals surface area contributed by atoms with E-state index in [4.69, 9.17) is 4.74 Å². The zero-order valence-corrected chi connectivity index (χ0v) is 10.4. The average molecular weight is 241 g/mol. The first kappa shape index (κ1) is 12.8. The van der Waals surface area contributed by atoms with E-state index in [-0.39, 0.29) is 6.10 Å². The highest BCUT2D eigenvalue weighted by Gasteiger charge is 2.33. The number of nitrogens with one attached hydrogen (secondary N) is 1. The third-order valence-corrected chi connectivity index (χ3v) is 3.87. The molecule has 98 valence electrons. The van der Waals surface area contributed by atoms with Crippen molar-refractivity contribution in [3.8, 4) is 0 Å². The summed E-state index contributed by atoms with van der Waals surface area (Å²) in [5.41, 5.74) is 0. The summed E-state index contributed by atoms with van der Waals surface area (Å²) in [6, 6.07) is -0.150. The lowest BCUT2D eigenvalue weighted by Crippen LogP contribution is -2.50. The summed E-state index contributed by atoms with van der Waals surface area (Å²) in [5.74, 6) is -0.763. The van der Waals surface area contributed by atoms with Crippen molar-refractivity contribution in [2.45, 2.75) is 69.6 Å². The van der Waals surface area contributed by atoms with Crippen LogP contribution in [-0.2, 0) is 9.53 Å². The summed E-state index contributed by atoms with van der Waals surface area (Å²) < 4.78 is 5.51. The Balaban J connectivity index is 1.89. The Kier molecular flexibility index (Phi) is 4.80. The maximum absolute atomic E-state index is 11.3. The highest BCUT2D eigenvalue weighted by Crippen LogP contribution is 2.21. The normalized spacial score (nSPS) is 28.8. The van der Waals surface area contributed by atoms with Gasteiger partial charge in [-0.2, -0.15) is 0 Å². The predicted molar refractivity (Wildman–Crippen MR) is 65.0 cm³/mol. The Labute approximate surface area is 103 Å². The second kappa shape index (κ2) is 6.36. The highest BCUT2D eigenvalue weighted by atomic mass is 16.5. The van der Waals surface area contributed by atoms with Gasteiger partial charge in [0.15, 0.2) is 0 Å². The van der Waals surface area contributed by atoms with Gasteiger partial charge in [-0.1, -0.05) is 25.7 Å². The van der Waals surface area contributed by atoms with Gasteiger partial charge in [-0.15, -0.1) is 0 Å². The fourth-order valence-electron chi connectivity index (χ4n) is 2.90. The Bertz CT molecular complexity index is 243. The van der Waals surface area contributed by atoms with Crippen LogP contribution in [0.15, 0.2) is 0 Å². The van der Waals surface area contributed by atoms with Crippen LogP contribution in [0.25, 0.3) is 0 Å². The number of carbonyl (C=O) groups is 1. The summed E-state index contributed by atoms with van der Waals surface area (Å²) in [7, 11) is 0. The van der Waals surface area contributed by atoms with Crippen molar-refractivity contribution in [1.29, 1.82) is 0 Å². The van der Waals surface area contributed by atoms with Crippen molar-refractivity contribution in [3.05, 3.63) is 0 Å². The molecule has 2 aliphatic rings. The topological polar surface area (TPSA) is 58.6 Å². The average Bonchev–Trinajstić information content (AvgIpc) is 2.70. The van der Waals surface area contributed by atoms with Gasteiger partial charge in [0.25, 0.3) is 0 Å². The SMILES string of the molecule is O=C(O)C(NC1CCCCCC1)C1CCCO1. The molecule has 2 fully saturated rings. The first-order valence-electron chi connectivity index (χ1n) is 6.88. The van der Waals surface area contributed by atoms with Gasteiger partial charge in [0.1, 0.15) is 6.04 Å². The Morgan fingerprint density at radius 1 is 1.12 bits per heavy atom. The van der Waals surface area contributed by atoms with Gasteiger partial charge >= 0.3 is 5.97 Å². The second-order valence-electron chi connectivity index (χ2n) is 5.22. The van der Waals surface area contributed by atoms with Crippen LogP contribution in [0.4, 0.5) is 0 Å². The molecule has 0 spiro atoms. The Hall–Kier alpha value is -0.610. The molecule has 2 unspecified atom stereocenters. The van der Waals surface area contributed by atoms with Crippen molar-refractivity contribution in [2.75, 3.05) is 6.61 Å². The van der Waals surface area contributed by atoms with Gasteiger partial charge in [-0.3, -0.25) is 10.1 Å². The first-order valence-corrected chi connectivity index (χ1v) is 6.88. The third kappa shape index (κ3) is 3.68. The first-order chi connectivity index (χ1) is 8.27. The van der Waals surface area contributed by atoms with Crippen LogP contribution < -0.4 is 5.32 Å². The molecule has 1 saturated heterocycles. The van der Waals surface area contributed by atoms with Crippen molar-refractivity contribution in [3.63, 3.8) is 0 Å². The fraction of sp³-hybridized carbons (Fsp3) is 0.923. The van der Waals surface area contributed by atoms with Crippen LogP contribution in [0.2, 0.25) is 0 Å². The van der Waals surface area contributed by atoms with E-state index < -0.39 is 12.0 Å². The molecule has 2 rings (SSSR count). The zero-order chi connectivity index (χ0) is 12.1. The van der Waals surface area contributed by atoms with Crippen LogP contribution in [0.5, 0.6) is 0 Å². The zero-order valence-electron chi connectivity index (χ0n) is 10.4. The van der Waals surface area contributed by atoms with E-state index in [0.717, 1.165) is 25.7 Å². The van der Waals surface area contributed by atoms with Crippen molar-refractivity contribution >= 4 is 5.97 Å². The number of hydrogen-bond donors (Lipinski definition) is 2. The molecule has 2 atom stereocenters. The molecule has 0 aromatic heterocycles. The lowest BCUT2D eigenvalue weighted by atomic mass is 10.0. The molecule has 0 aromatic rings. The number of carboxylic acid groups (broad SMARTS) is 1. The van der Waals surface area contributed by atoms with Gasteiger partial charge in [0.05, 0.1) is 6.10 Å². The van der Waals surface area contributed by atoms with Crippen LogP contribution in [0.3, 0.4) is 0 Å². The van der Waals surface area contributed by atoms with Crippen molar-refractivity contribution < 1.29 is 14.6 Å². The fourth-order valence-corrected chi connectivity index (χ4v) is 2.90. The molecule has 1 aliphatic heterocycles. The summed E-state index contributed by atoms with van der Waals surface area (Å²) in [5, 5.41) is 12.6. The molecule has 4 nitrogen and oxygen atoms in total. The number of hydrogen-bond acceptors (Lipinski definition) is 3. The van der Waals surface area contributed by atoms with Gasteiger partial charge in [0.2, 0.25) is 0 Å². The largest absolute Gasteiger partial charge is 0.480 e. The van der Waals surface area contributed by atoms with E-state index in [9.17, 15) is 9.90 Å². The van der Waals surface area contributed by atoms with Gasteiger partial charge in [-0.25, -0.2) is 0 Å².